The molecule has 3 fully saturated rings. The molecule has 15 rings (SSSR count). The fourth-order valence-corrected chi connectivity index (χ4v) is 15.1. The summed E-state index contributed by atoms with van der Waals surface area (Å²) in [5.41, 5.74) is 8.61. The number of carbonyl (C=O) groups excluding carboxylic acids is 5. The Morgan fingerprint density at radius 3 is 1.06 bits per heavy atom. The molecule has 3 atom stereocenters. The van der Waals surface area contributed by atoms with Gasteiger partial charge in [0.15, 0.2) is 0 Å². The van der Waals surface area contributed by atoms with Gasteiger partial charge in [-0.3, -0.25) is 29.6 Å². The Morgan fingerprint density at radius 2 is 0.719 bits per heavy atom. The third-order valence-corrected chi connectivity index (χ3v) is 20.3. The molecule has 3 saturated heterocycles. The molecule has 4 aromatic heterocycles. The van der Waals surface area contributed by atoms with Gasteiger partial charge in [-0.05, 0) is 176 Å². The highest BCUT2D eigenvalue weighted by molar-refractivity contribution is 6.02. The number of hydrogen-bond donors (Lipinski definition) is 3. The predicted molar refractivity (Wildman–Crippen MR) is 438 cm³/mol. The number of likely N-dealkylation sites (tertiary alicyclic amines) is 3. The monoisotopic (exact) mass is 1530 g/mol. The largest absolute Gasteiger partial charge is 0.481 e. The molecule has 5 amide bonds. The first-order valence-electron chi connectivity index (χ1n) is 38.4. The molecule has 3 N–H and O–H groups in total. The van der Waals surface area contributed by atoms with Crippen molar-refractivity contribution < 1.29 is 53.3 Å². The van der Waals surface area contributed by atoms with Crippen LogP contribution in [0.3, 0.4) is 0 Å². The van der Waals surface area contributed by atoms with E-state index in [2.05, 4.69) is 134 Å². The lowest BCUT2D eigenvalue weighted by Crippen LogP contribution is -2.38. The third-order valence-electron chi connectivity index (χ3n) is 20.3. The number of pyridine rings is 2. The molecule has 7 heterocycles. The minimum absolute atomic E-state index is 0.129. The van der Waals surface area contributed by atoms with Gasteiger partial charge in [-0.15, -0.1) is 0 Å². The lowest BCUT2D eigenvalue weighted by molar-refractivity contribution is -0.141. The molecule has 22 heteroatoms. The van der Waals surface area contributed by atoms with Crippen LogP contribution in [0.2, 0.25) is 0 Å². The number of hydrogen-bond acceptors (Lipinski definition) is 14. The van der Waals surface area contributed by atoms with Gasteiger partial charge >= 0.3 is 24.2 Å². The average Bonchev–Trinajstić information content (AvgIpc) is 1.51. The molecular formula is C92H95N11O11. The van der Waals surface area contributed by atoms with Gasteiger partial charge in [0, 0.05) is 91.6 Å². The predicted octanol–water partition coefficient (Wildman–Crippen LogP) is 17.4. The number of rotatable bonds is 15. The fourth-order valence-electron chi connectivity index (χ4n) is 15.1. The third kappa shape index (κ3) is 17.3. The number of carboxylic acids is 1. The van der Waals surface area contributed by atoms with E-state index in [1.54, 1.807) is 83.4 Å². The number of ether oxygens (including phenoxy) is 3. The number of nitrogens with zero attached hydrogens (tertiary/aromatic N) is 10. The molecule has 12 aromatic rings. The van der Waals surface area contributed by atoms with E-state index in [0.29, 0.717) is 67.6 Å². The molecule has 0 aliphatic carbocycles. The van der Waals surface area contributed by atoms with Gasteiger partial charge in [0.1, 0.15) is 39.3 Å². The van der Waals surface area contributed by atoms with E-state index in [1.807, 2.05) is 142 Å². The van der Waals surface area contributed by atoms with E-state index in [1.165, 1.54) is 9.80 Å². The molecule has 0 spiro atoms. The second-order valence-corrected chi connectivity index (χ2v) is 31.8. The van der Waals surface area contributed by atoms with Crippen molar-refractivity contribution in [2.45, 2.75) is 109 Å². The topological polar surface area (TPSA) is 257 Å². The molecular weight excluding hydrogens is 1440 g/mol. The van der Waals surface area contributed by atoms with Crippen molar-refractivity contribution >= 4 is 69.2 Å². The molecule has 3 aliphatic rings. The van der Waals surface area contributed by atoms with Crippen LogP contribution < -0.4 is 10.4 Å². The highest BCUT2D eigenvalue weighted by Crippen LogP contribution is 2.47. The summed E-state index contributed by atoms with van der Waals surface area (Å²) in [6, 6.07) is 81.4. The van der Waals surface area contributed by atoms with Crippen molar-refractivity contribution in [3.8, 4) is 22.5 Å². The van der Waals surface area contributed by atoms with Crippen LogP contribution in [0.15, 0.2) is 267 Å². The summed E-state index contributed by atoms with van der Waals surface area (Å²) >= 11 is 0. The van der Waals surface area contributed by atoms with Crippen LogP contribution in [-0.2, 0) is 39.7 Å². The highest BCUT2D eigenvalue weighted by Gasteiger charge is 2.45. The van der Waals surface area contributed by atoms with Crippen molar-refractivity contribution in [2.75, 3.05) is 49.6 Å². The van der Waals surface area contributed by atoms with Crippen molar-refractivity contribution in [1.82, 2.24) is 44.2 Å². The quantitative estimate of drug-likeness (QED) is 0.0373. The number of aliphatic carboxylic acids is 1. The second-order valence-electron chi connectivity index (χ2n) is 31.8. The first-order chi connectivity index (χ1) is 54.7. The van der Waals surface area contributed by atoms with Gasteiger partial charge in [-0.25, -0.2) is 23.7 Å². The number of anilines is 2. The van der Waals surface area contributed by atoms with Crippen LogP contribution in [0, 0.1) is 17.8 Å². The molecule has 0 saturated carbocycles. The highest BCUT2D eigenvalue weighted by atomic mass is 16.6. The summed E-state index contributed by atoms with van der Waals surface area (Å²) in [7, 11) is 0. The normalized spacial score (nSPS) is 15.8. The molecule has 3 aliphatic heterocycles. The zero-order chi connectivity index (χ0) is 80.5. The smallest absolute Gasteiger partial charge is 0.410 e. The number of aromatic nitrogens is 6. The molecule has 0 radical (unpaired) electrons. The zero-order valence-electron chi connectivity index (χ0n) is 65.5. The Kier molecular flexibility index (Phi) is 23.4. The van der Waals surface area contributed by atoms with E-state index < -0.39 is 69.9 Å². The molecule has 8 aromatic carbocycles. The summed E-state index contributed by atoms with van der Waals surface area (Å²) in [4.78, 5) is 87.9. The van der Waals surface area contributed by atoms with Crippen LogP contribution in [0.1, 0.15) is 115 Å². The molecule has 0 unspecified atom stereocenters. The summed E-state index contributed by atoms with van der Waals surface area (Å²) in [6.45, 7) is 18.4. The zero-order valence-corrected chi connectivity index (χ0v) is 65.5. The van der Waals surface area contributed by atoms with Crippen LogP contribution >= 0.6 is 0 Å². The van der Waals surface area contributed by atoms with Crippen molar-refractivity contribution in [1.29, 1.82) is 0 Å². The van der Waals surface area contributed by atoms with E-state index >= 15 is 0 Å². The van der Waals surface area contributed by atoms with E-state index in [0.717, 1.165) is 72.0 Å². The summed E-state index contributed by atoms with van der Waals surface area (Å²) in [6.07, 6.45) is 7.20. The van der Waals surface area contributed by atoms with Crippen LogP contribution in [0.5, 0.6) is 0 Å². The molecule has 0 bridgehead atoms. The lowest BCUT2D eigenvalue weighted by atomic mass is 9.77. The SMILES string of the molecule is CC(C)(C)OC(=O)N1CC[C@@H](C(=O)N(O)c2ccc3c(c2)c(-c2ccncc2)nn3C(c2ccccc2)(c2ccccc2)c2ccccc2)C1.CC(C)(C)OC(=O)N1CC[C@@H](C(=O)Nc2ccc3c(c2)c(-c2ccncc2)nn3C(c2ccccc2)(c2ccccc2)c2ccccc2)C1.CC(C)(C)OC(=O)N1CC[C@@H](C(=O)O)C1. The number of nitrogens with one attached hydrogen (secondary N) is 1. The van der Waals surface area contributed by atoms with Crippen LogP contribution in [0.4, 0.5) is 25.8 Å². The molecule has 114 heavy (non-hydrogen) atoms. The Balaban J connectivity index is 0.000000169. The second kappa shape index (κ2) is 33.6. The minimum Gasteiger partial charge on any atom is -0.481 e. The summed E-state index contributed by atoms with van der Waals surface area (Å²) < 4.78 is 20.4. The summed E-state index contributed by atoms with van der Waals surface area (Å²) in [5.74, 6) is -2.82. The standard InChI is InChI=1S/C41H39N5O4.C41H39N5O3.C10H17NO4/c1-40(2,3)50-39(48)44-26-23-30(28-44)38(47)45(49)34-19-20-36-35(27-34)37(29-21-24-42-25-22-29)43-46(36)41(31-13-7-4-8-14-31,32-15-9-5-10-16-32)33-17-11-6-12-18-33;1-40(2,3)49-39(48)45-26-23-30(28-45)38(47)43-34-19-20-36-35(27-34)37(29-21-24-42-25-22-29)44-46(36)41(31-13-7-4-8-14-31,32-15-9-5-10-16-32)33-17-11-6-12-18-33;1-10(2,3)15-9(14)11-5-4-7(6-11)8(12)13/h4-22,24-25,27,30,49H,23,26,28H2,1-3H3;4-22,24-25,27,30H,23,26,28H2,1-3H3,(H,43,47);7H,4-6H2,1-3H3,(H,12,13)/t2*30-;7-/m111/s1. The Hall–Kier alpha value is -12.8. The Morgan fingerprint density at radius 1 is 0.404 bits per heavy atom. The van der Waals surface area contributed by atoms with Gasteiger partial charge < -0.3 is 39.3 Å². The average molecular weight is 1530 g/mol. The van der Waals surface area contributed by atoms with E-state index in [4.69, 9.17) is 29.5 Å². The Bertz CT molecular complexity index is 5160. The number of carboxylic acid groups (broad SMARTS) is 1. The van der Waals surface area contributed by atoms with Gasteiger partial charge in [0.25, 0.3) is 5.91 Å². The van der Waals surface area contributed by atoms with Crippen molar-refractivity contribution in [2.24, 2.45) is 17.8 Å². The van der Waals surface area contributed by atoms with Crippen LogP contribution in [0.25, 0.3) is 44.3 Å². The van der Waals surface area contributed by atoms with Gasteiger partial charge in [0.05, 0.1) is 34.5 Å². The van der Waals surface area contributed by atoms with Gasteiger partial charge in [-0.1, -0.05) is 182 Å². The number of amides is 5. The molecule has 584 valence electrons. The molecule has 22 nitrogen and oxygen atoms in total. The van der Waals surface area contributed by atoms with E-state index in [9.17, 15) is 34.0 Å². The van der Waals surface area contributed by atoms with Crippen molar-refractivity contribution in [3.05, 3.63) is 301 Å². The summed E-state index contributed by atoms with van der Waals surface area (Å²) in [5, 5.41) is 36.5. The van der Waals surface area contributed by atoms with Gasteiger partial charge in [0.2, 0.25) is 5.91 Å². The number of hydroxylamine groups is 1. The van der Waals surface area contributed by atoms with Crippen LogP contribution in [-0.4, -0.2) is 147 Å². The maximum Gasteiger partial charge on any atom is 0.410 e. The minimum atomic E-state index is -0.890. The number of benzene rings is 8. The number of fused-ring (bicyclic) bond motifs is 2. The number of carbonyl (C=O) groups is 6. The first-order valence-corrected chi connectivity index (χ1v) is 38.4. The maximum absolute atomic E-state index is 13.7. The van der Waals surface area contributed by atoms with Crippen molar-refractivity contribution in [3.63, 3.8) is 0 Å². The fraction of sp³-hybridized carbons (Fsp3) is 0.283. The lowest BCUT2D eigenvalue weighted by Gasteiger charge is -2.37. The van der Waals surface area contributed by atoms with E-state index in [-0.39, 0.29) is 24.9 Å². The Labute approximate surface area is 663 Å². The first kappa shape index (κ1) is 79.3. The maximum atomic E-state index is 13.7. The van der Waals surface area contributed by atoms with Gasteiger partial charge in [-0.2, -0.15) is 15.3 Å².